The van der Waals surface area contributed by atoms with Crippen LogP contribution in [0.5, 0.6) is 0 Å². The van der Waals surface area contributed by atoms with Gasteiger partial charge in [0.15, 0.2) is 11.5 Å². The Labute approximate surface area is 106 Å². The Morgan fingerprint density at radius 2 is 2.18 bits per heavy atom. The minimum Gasteiger partial charge on any atom is -0.384 e. The third-order valence-electron chi connectivity index (χ3n) is 2.48. The second kappa shape index (κ2) is 3.72. The largest absolute Gasteiger partial charge is 0.384 e. The van der Waals surface area contributed by atoms with Crippen LogP contribution >= 0.6 is 22.9 Å². The van der Waals surface area contributed by atoms with Crippen molar-refractivity contribution in [2.45, 2.75) is 6.92 Å². The zero-order chi connectivity index (χ0) is 12.0. The molecule has 0 fully saturated rings. The molecule has 0 aromatic carbocycles. The predicted molar refractivity (Wildman–Crippen MR) is 71.4 cm³/mol. The van der Waals surface area contributed by atoms with E-state index in [1.165, 1.54) is 0 Å². The summed E-state index contributed by atoms with van der Waals surface area (Å²) in [5.74, 6) is 1.20. The molecule has 0 saturated carbocycles. The van der Waals surface area contributed by atoms with Crippen molar-refractivity contribution in [3.8, 4) is 10.7 Å². The molecule has 0 spiro atoms. The van der Waals surface area contributed by atoms with Crippen LogP contribution in [-0.2, 0) is 0 Å². The van der Waals surface area contributed by atoms with Crippen molar-refractivity contribution in [1.82, 2.24) is 15.0 Å². The minimum absolute atomic E-state index is 0.462. The number of imidazole rings is 1. The normalized spacial score (nSPS) is 11.2. The summed E-state index contributed by atoms with van der Waals surface area (Å²) < 4.78 is 0. The van der Waals surface area contributed by atoms with Gasteiger partial charge in [0.25, 0.3) is 0 Å². The molecule has 0 saturated heterocycles. The molecule has 17 heavy (non-hydrogen) atoms. The smallest absolute Gasteiger partial charge is 0.180 e. The monoisotopic (exact) mass is 264 g/mol. The maximum atomic E-state index is 6.21. The van der Waals surface area contributed by atoms with E-state index in [0.29, 0.717) is 11.5 Å². The topological polar surface area (TPSA) is 67.6 Å². The fourth-order valence-corrected chi connectivity index (χ4v) is 2.83. The number of aryl methyl sites for hydroxylation is 1. The van der Waals surface area contributed by atoms with Gasteiger partial charge in [0.05, 0.1) is 15.4 Å². The van der Waals surface area contributed by atoms with Gasteiger partial charge in [-0.25, -0.2) is 9.97 Å². The van der Waals surface area contributed by atoms with Crippen LogP contribution < -0.4 is 5.73 Å². The van der Waals surface area contributed by atoms with Gasteiger partial charge in [-0.1, -0.05) is 11.6 Å². The number of aromatic amines is 1. The molecule has 3 aromatic rings. The molecule has 86 valence electrons. The third kappa shape index (κ3) is 1.67. The molecule has 0 bridgehead atoms. The quantitative estimate of drug-likeness (QED) is 0.709. The first-order chi connectivity index (χ1) is 8.15. The molecule has 0 atom stereocenters. The van der Waals surface area contributed by atoms with E-state index in [4.69, 9.17) is 17.3 Å². The Hall–Kier alpha value is -1.59. The number of nitrogens with one attached hydrogen (secondary N) is 1. The molecule has 4 nitrogen and oxygen atoms in total. The lowest BCUT2D eigenvalue weighted by molar-refractivity contribution is 1.31. The number of fused-ring (bicyclic) bond motifs is 1. The summed E-state index contributed by atoms with van der Waals surface area (Å²) in [4.78, 5) is 12.7. The maximum Gasteiger partial charge on any atom is 0.180 e. The van der Waals surface area contributed by atoms with Gasteiger partial charge in [-0.15, -0.1) is 11.3 Å². The molecular weight excluding hydrogens is 256 g/mol. The molecule has 0 amide bonds. The number of rotatable bonds is 1. The van der Waals surface area contributed by atoms with Crippen LogP contribution in [0, 0.1) is 6.92 Å². The van der Waals surface area contributed by atoms with Gasteiger partial charge in [0.1, 0.15) is 5.82 Å². The molecule has 3 aromatic heterocycles. The summed E-state index contributed by atoms with van der Waals surface area (Å²) in [5, 5.41) is 2.74. The van der Waals surface area contributed by atoms with Crippen LogP contribution in [0.15, 0.2) is 17.5 Å². The second-order valence-corrected chi connectivity index (χ2v) is 5.01. The van der Waals surface area contributed by atoms with E-state index >= 15 is 0 Å². The fourth-order valence-electron chi connectivity index (χ4n) is 1.60. The maximum absolute atomic E-state index is 6.21. The van der Waals surface area contributed by atoms with Crippen molar-refractivity contribution in [2.75, 3.05) is 5.73 Å². The van der Waals surface area contributed by atoms with Gasteiger partial charge in [0.2, 0.25) is 0 Å². The number of nitrogens with zero attached hydrogens (tertiary/aromatic N) is 2. The highest BCUT2D eigenvalue weighted by Gasteiger charge is 2.13. The van der Waals surface area contributed by atoms with Crippen molar-refractivity contribution in [1.29, 1.82) is 0 Å². The van der Waals surface area contributed by atoms with Gasteiger partial charge < -0.3 is 10.7 Å². The second-order valence-electron chi connectivity index (χ2n) is 3.75. The molecule has 0 aliphatic carbocycles. The van der Waals surface area contributed by atoms with Crippen molar-refractivity contribution in [3.05, 3.63) is 28.1 Å². The number of nitrogen functional groups attached to an aromatic ring is 1. The van der Waals surface area contributed by atoms with Crippen molar-refractivity contribution < 1.29 is 0 Å². The molecule has 3 rings (SSSR count). The minimum atomic E-state index is 0.462. The molecule has 0 aliphatic heterocycles. The average molecular weight is 265 g/mol. The van der Waals surface area contributed by atoms with Crippen LogP contribution in [0.2, 0.25) is 5.02 Å². The lowest BCUT2D eigenvalue weighted by atomic mass is 10.3. The zero-order valence-corrected chi connectivity index (χ0v) is 10.6. The molecule has 6 heteroatoms. The predicted octanol–water partition coefficient (Wildman–Crippen LogP) is 3.23. The van der Waals surface area contributed by atoms with Crippen LogP contribution in [0.3, 0.4) is 0 Å². The Morgan fingerprint density at radius 1 is 1.35 bits per heavy atom. The number of pyridine rings is 1. The number of aromatic nitrogens is 3. The highest BCUT2D eigenvalue weighted by atomic mass is 35.5. The number of hydrogen-bond donors (Lipinski definition) is 2. The molecule has 0 unspecified atom stereocenters. The number of H-pyrrole nitrogens is 1. The number of nitrogens with two attached hydrogens (primary N) is 1. The molecular formula is C11H9ClN4S. The van der Waals surface area contributed by atoms with E-state index < -0.39 is 0 Å². The highest BCUT2D eigenvalue weighted by molar-refractivity contribution is 7.14. The first kappa shape index (κ1) is 10.6. The Morgan fingerprint density at radius 3 is 2.88 bits per heavy atom. The molecule has 3 heterocycles. The van der Waals surface area contributed by atoms with Gasteiger partial charge in [-0.05, 0) is 30.0 Å². The van der Waals surface area contributed by atoms with Gasteiger partial charge >= 0.3 is 0 Å². The number of thiophene rings is 1. The fraction of sp³-hybridized carbons (Fsp3) is 0.0909. The van der Waals surface area contributed by atoms with Gasteiger partial charge in [-0.2, -0.15) is 0 Å². The first-order valence-corrected chi connectivity index (χ1v) is 6.27. The summed E-state index contributed by atoms with van der Waals surface area (Å²) in [6, 6.07) is 3.61. The highest BCUT2D eigenvalue weighted by Crippen LogP contribution is 2.35. The van der Waals surface area contributed by atoms with Crippen molar-refractivity contribution in [2.24, 2.45) is 0 Å². The number of halogens is 1. The van der Waals surface area contributed by atoms with E-state index in [-0.39, 0.29) is 0 Å². The zero-order valence-electron chi connectivity index (χ0n) is 8.99. The average Bonchev–Trinajstić information content (AvgIpc) is 2.83. The SMILES string of the molecule is Cc1csc(-c2nc3nc(N)ccc3[nH]2)c1Cl. The standard InChI is InChI=1S/C11H9ClN4S/c1-5-4-17-9(8(5)12)11-14-6-2-3-7(13)15-10(6)16-11/h2-4H,1H3,(H3,13,14,15,16). The van der Waals surface area contributed by atoms with E-state index in [2.05, 4.69) is 15.0 Å². The summed E-state index contributed by atoms with van der Waals surface area (Å²) >= 11 is 7.77. The van der Waals surface area contributed by atoms with Crippen LogP contribution in [0.25, 0.3) is 21.9 Å². The summed E-state index contributed by atoms with van der Waals surface area (Å²) in [6.45, 7) is 1.97. The Bertz CT molecular complexity index is 701. The molecule has 0 aliphatic rings. The van der Waals surface area contributed by atoms with Crippen LogP contribution in [0.4, 0.5) is 5.82 Å². The summed E-state index contributed by atoms with van der Waals surface area (Å²) in [7, 11) is 0. The van der Waals surface area contributed by atoms with Crippen molar-refractivity contribution in [3.63, 3.8) is 0 Å². The molecule has 3 N–H and O–H groups in total. The molecule has 0 radical (unpaired) electrons. The lowest BCUT2D eigenvalue weighted by Gasteiger charge is -1.91. The lowest BCUT2D eigenvalue weighted by Crippen LogP contribution is -1.88. The first-order valence-electron chi connectivity index (χ1n) is 5.01. The van der Waals surface area contributed by atoms with E-state index in [0.717, 1.165) is 26.8 Å². The summed E-state index contributed by atoms with van der Waals surface area (Å²) in [5.41, 5.74) is 8.14. The van der Waals surface area contributed by atoms with Crippen LogP contribution in [-0.4, -0.2) is 15.0 Å². The number of anilines is 1. The van der Waals surface area contributed by atoms with E-state index in [1.54, 1.807) is 17.4 Å². The Balaban J connectivity index is 2.21. The summed E-state index contributed by atoms with van der Waals surface area (Å²) in [6.07, 6.45) is 0. The van der Waals surface area contributed by atoms with Gasteiger partial charge in [0, 0.05) is 0 Å². The third-order valence-corrected chi connectivity index (χ3v) is 4.19. The van der Waals surface area contributed by atoms with Crippen LogP contribution in [0.1, 0.15) is 5.56 Å². The van der Waals surface area contributed by atoms with E-state index in [9.17, 15) is 0 Å². The van der Waals surface area contributed by atoms with E-state index in [1.807, 2.05) is 18.4 Å². The number of hydrogen-bond acceptors (Lipinski definition) is 4. The Kier molecular flexibility index (Phi) is 2.31. The van der Waals surface area contributed by atoms with Gasteiger partial charge in [-0.3, -0.25) is 0 Å². The van der Waals surface area contributed by atoms with Crippen molar-refractivity contribution >= 4 is 39.9 Å².